The molecule has 2 rings (SSSR count). The van der Waals surface area contributed by atoms with Crippen LogP contribution in [0.15, 0.2) is 29.6 Å². The van der Waals surface area contributed by atoms with E-state index in [9.17, 15) is 9.59 Å². The van der Waals surface area contributed by atoms with E-state index in [1.54, 1.807) is 24.3 Å². The molecule has 6 heteroatoms. The molecule has 0 aliphatic carbocycles. The highest BCUT2D eigenvalue weighted by Gasteiger charge is 2.14. The lowest BCUT2D eigenvalue weighted by atomic mass is 10.0. The van der Waals surface area contributed by atoms with Crippen molar-refractivity contribution in [2.75, 3.05) is 0 Å². The average molecular weight is 318 g/mol. The second-order valence-corrected chi connectivity index (χ2v) is 5.97. The van der Waals surface area contributed by atoms with Gasteiger partial charge in [0.25, 0.3) is 0 Å². The molecule has 0 radical (unpaired) electrons. The fourth-order valence-corrected chi connectivity index (χ4v) is 2.95. The topological polar surface area (TPSA) is 79.3 Å². The summed E-state index contributed by atoms with van der Waals surface area (Å²) >= 11 is 1.52. The minimum atomic E-state index is -0.970. The molecule has 2 aromatic rings. The maximum Gasteiger partial charge on any atom is 0.335 e. The number of aryl methyl sites for hydroxylation is 2. The number of thiazole rings is 1. The monoisotopic (exact) mass is 318 g/mol. The molecule has 5 nitrogen and oxygen atoms in total. The number of rotatable bonds is 6. The van der Waals surface area contributed by atoms with Crippen LogP contribution in [0, 0.1) is 6.92 Å². The zero-order chi connectivity index (χ0) is 16.1. The van der Waals surface area contributed by atoms with Crippen LogP contribution in [0.25, 0.3) is 0 Å². The molecule has 22 heavy (non-hydrogen) atoms. The molecule has 0 aliphatic heterocycles. The van der Waals surface area contributed by atoms with E-state index in [1.165, 1.54) is 11.3 Å². The number of carboxylic acid groups (broad SMARTS) is 1. The van der Waals surface area contributed by atoms with Gasteiger partial charge >= 0.3 is 5.97 Å². The van der Waals surface area contributed by atoms with E-state index in [4.69, 9.17) is 5.11 Å². The zero-order valence-corrected chi connectivity index (χ0v) is 13.3. The van der Waals surface area contributed by atoms with Gasteiger partial charge < -0.3 is 10.4 Å². The molecular formula is C16H18N2O3S. The Labute approximate surface area is 133 Å². The summed E-state index contributed by atoms with van der Waals surface area (Å²) in [7, 11) is 0. The molecule has 0 saturated carbocycles. The van der Waals surface area contributed by atoms with Crippen LogP contribution in [0.3, 0.4) is 0 Å². The standard InChI is InChI=1S/C16H18N2O3S/c1-10-9-22-15(17-10)11(2)18-14(19)8-7-12-5-3-4-6-13(12)16(20)21/h3-6,9,11H,7-8H2,1-2H3,(H,18,19)(H,20,21). The SMILES string of the molecule is Cc1csc(C(C)NC(=O)CCc2ccccc2C(=O)O)n1. The van der Waals surface area contributed by atoms with Crippen LogP contribution in [-0.4, -0.2) is 22.0 Å². The number of hydrogen-bond acceptors (Lipinski definition) is 4. The first-order valence-electron chi connectivity index (χ1n) is 7.00. The van der Waals surface area contributed by atoms with Crippen molar-refractivity contribution in [1.82, 2.24) is 10.3 Å². The number of hydrogen-bond donors (Lipinski definition) is 2. The number of aromatic carboxylic acids is 1. The molecule has 1 atom stereocenters. The highest BCUT2D eigenvalue weighted by Crippen LogP contribution is 2.18. The van der Waals surface area contributed by atoms with E-state index in [-0.39, 0.29) is 23.9 Å². The Kier molecular flexibility index (Phi) is 5.27. The van der Waals surface area contributed by atoms with Gasteiger partial charge in [0, 0.05) is 17.5 Å². The highest BCUT2D eigenvalue weighted by atomic mass is 32.1. The maximum atomic E-state index is 12.0. The van der Waals surface area contributed by atoms with Gasteiger partial charge in [0.15, 0.2) is 0 Å². The number of aromatic nitrogens is 1. The quantitative estimate of drug-likeness (QED) is 0.858. The molecule has 1 aromatic heterocycles. The first kappa shape index (κ1) is 16.2. The van der Waals surface area contributed by atoms with Crippen LogP contribution in [0.4, 0.5) is 0 Å². The van der Waals surface area contributed by atoms with Gasteiger partial charge in [-0.25, -0.2) is 9.78 Å². The number of carbonyl (C=O) groups excluding carboxylic acids is 1. The number of nitrogens with one attached hydrogen (secondary N) is 1. The van der Waals surface area contributed by atoms with Gasteiger partial charge in [0.2, 0.25) is 5.91 Å². The number of amides is 1. The van der Waals surface area contributed by atoms with Crippen molar-refractivity contribution in [3.05, 3.63) is 51.5 Å². The predicted octanol–water partition coefficient (Wildman–Crippen LogP) is 2.96. The summed E-state index contributed by atoms with van der Waals surface area (Å²) in [6, 6.07) is 6.61. The Hall–Kier alpha value is -2.21. The van der Waals surface area contributed by atoms with Crippen LogP contribution in [0.1, 0.15) is 46.0 Å². The van der Waals surface area contributed by atoms with E-state index < -0.39 is 5.97 Å². The molecule has 0 aliphatic rings. The maximum absolute atomic E-state index is 12.0. The molecule has 1 aromatic carbocycles. The van der Waals surface area contributed by atoms with Gasteiger partial charge in [-0.2, -0.15) is 0 Å². The van der Waals surface area contributed by atoms with E-state index in [0.29, 0.717) is 12.0 Å². The summed E-state index contributed by atoms with van der Waals surface area (Å²) in [4.78, 5) is 27.5. The van der Waals surface area contributed by atoms with Gasteiger partial charge in [-0.1, -0.05) is 18.2 Å². The van der Waals surface area contributed by atoms with Gasteiger partial charge in [0.1, 0.15) is 5.01 Å². The fraction of sp³-hybridized carbons (Fsp3) is 0.312. The molecule has 2 N–H and O–H groups in total. The van der Waals surface area contributed by atoms with Crippen LogP contribution in [-0.2, 0) is 11.2 Å². The van der Waals surface area contributed by atoms with Gasteiger partial charge in [-0.15, -0.1) is 11.3 Å². The van der Waals surface area contributed by atoms with Crippen LogP contribution in [0.5, 0.6) is 0 Å². The molecule has 0 saturated heterocycles. The third-order valence-corrected chi connectivity index (χ3v) is 4.40. The van der Waals surface area contributed by atoms with Crippen molar-refractivity contribution in [2.24, 2.45) is 0 Å². The summed E-state index contributed by atoms with van der Waals surface area (Å²) < 4.78 is 0. The normalized spacial score (nSPS) is 11.9. The second kappa shape index (κ2) is 7.17. The molecule has 0 spiro atoms. The largest absolute Gasteiger partial charge is 0.478 e. The molecule has 1 heterocycles. The summed E-state index contributed by atoms with van der Waals surface area (Å²) in [6.07, 6.45) is 0.650. The van der Waals surface area contributed by atoms with Gasteiger partial charge in [0.05, 0.1) is 11.6 Å². The lowest BCUT2D eigenvalue weighted by molar-refractivity contribution is -0.121. The van der Waals surface area contributed by atoms with Crippen LogP contribution >= 0.6 is 11.3 Å². The Morgan fingerprint density at radius 1 is 1.36 bits per heavy atom. The third-order valence-electron chi connectivity index (χ3n) is 3.25. The van der Waals surface area contributed by atoms with Crippen molar-refractivity contribution in [3.8, 4) is 0 Å². The molecule has 1 unspecified atom stereocenters. The molecular weight excluding hydrogens is 300 g/mol. The summed E-state index contributed by atoms with van der Waals surface area (Å²) in [5, 5.41) is 14.8. The zero-order valence-electron chi connectivity index (χ0n) is 12.5. The Bertz CT molecular complexity index is 682. The molecule has 0 bridgehead atoms. The summed E-state index contributed by atoms with van der Waals surface area (Å²) in [6.45, 7) is 3.80. The van der Waals surface area contributed by atoms with Gasteiger partial charge in [-0.05, 0) is 31.9 Å². The minimum absolute atomic E-state index is 0.111. The Balaban J connectivity index is 1.92. The van der Waals surface area contributed by atoms with Crippen LogP contribution in [0.2, 0.25) is 0 Å². The van der Waals surface area contributed by atoms with Crippen molar-refractivity contribution in [1.29, 1.82) is 0 Å². The molecule has 116 valence electrons. The first-order valence-corrected chi connectivity index (χ1v) is 7.88. The smallest absolute Gasteiger partial charge is 0.335 e. The van der Waals surface area contributed by atoms with Gasteiger partial charge in [-0.3, -0.25) is 4.79 Å². The number of carboxylic acids is 1. The van der Waals surface area contributed by atoms with Crippen molar-refractivity contribution in [3.63, 3.8) is 0 Å². The summed E-state index contributed by atoms with van der Waals surface area (Å²) in [5.41, 5.74) is 1.86. The van der Waals surface area contributed by atoms with Crippen LogP contribution < -0.4 is 5.32 Å². The first-order chi connectivity index (χ1) is 10.5. The molecule has 1 amide bonds. The molecule has 0 fully saturated rings. The van der Waals surface area contributed by atoms with Crippen molar-refractivity contribution in [2.45, 2.75) is 32.7 Å². The lowest BCUT2D eigenvalue weighted by Gasteiger charge is -2.11. The average Bonchev–Trinajstić information content (AvgIpc) is 2.92. The number of benzene rings is 1. The second-order valence-electron chi connectivity index (χ2n) is 5.08. The van der Waals surface area contributed by atoms with Crippen molar-refractivity contribution < 1.29 is 14.7 Å². The highest BCUT2D eigenvalue weighted by molar-refractivity contribution is 7.09. The third kappa shape index (κ3) is 4.14. The van der Waals surface area contributed by atoms with E-state index in [1.807, 2.05) is 19.2 Å². The lowest BCUT2D eigenvalue weighted by Crippen LogP contribution is -2.26. The Morgan fingerprint density at radius 3 is 2.73 bits per heavy atom. The van der Waals surface area contributed by atoms with E-state index in [2.05, 4.69) is 10.3 Å². The number of carbonyl (C=O) groups is 2. The Morgan fingerprint density at radius 2 is 2.09 bits per heavy atom. The number of nitrogens with zero attached hydrogens (tertiary/aromatic N) is 1. The minimum Gasteiger partial charge on any atom is -0.478 e. The van der Waals surface area contributed by atoms with E-state index in [0.717, 1.165) is 10.7 Å². The fourth-order valence-electron chi connectivity index (χ4n) is 2.14. The predicted molar refractivity (Wildman–Crippen MR) is 85.1 cm³/mol. The summed E-state index contributed by atoms with van der Waals surface area (Å²) in [5.74, 6) is -1.08. The van der Waals surface area contributed by atoms with E-state index >= 15 is 0 Å². The van der Waals surface area contributed by atoms with Crippen molar-refractivity contribution >= 4 is 23.2 Å².